The van der Waals surface area contributed by atoms with Crippen LogP contribution in [0, 0.1) is 17.8 Å². The van der Waals surface area contributed by atoms with Gasteiger partial charge >= 0.3 is 0 Å². The first-order valence-corrected chi connectivity index (χ1v) is 11.7. The van der Waals surface area contributed by atoms with Gasteiger partial charge in [0.2, 0.25) is 11.9 Å². The number of imidazole rings is 1. The van der Waals surface area contributed by atoms with Gasteiger partial charge in [0, 0.05) is 30.4 Å². The summed E-state index contributed by atoms with van der Waals surface area (Å²) in [5.41, 5.74) is 8.23. The number of benzene rings is 1. The number of nitrogens with zero attached hydrogens (tertiary/aromatic N) is 4. The molecule has 4 atom stereocenters. The van der Waals surface area contributed by atoms with Gasteiger partial charge in [0.25, 0.3) is 5.91 Å². The fraction of sp³-hybridized carbons (Fsp3) is 0.375. The summed E-state index contributed by atoms with van der Waals surface area (Å²) in [5.74, 6) is 0.741. The minimum absolute atomic E-state index is 0.0361. The number of allylic oxidation sites excluding steroid dienone is 1. The molecular weight excluding hydrogens is 432 g/mol. The fourth-order valence-electron chi connectivity index (χ4n) is 5.52. The fourth-order valence-corrected chi connectivity index (χ4v) is 5.52. The Labute approximate surface area is 196 Å². The van der Waals surface area contributed by atoms with Crippen LogP contribution in [0.1, 0.15) is 29.6 Å². The van der Waals surface area contributed by atoms with Crippen LogP contribution in [-0.2, 0) is 4.79 Å². The van der Waals surface area contributed by atoms with Crippen LogP contribution < -0.4 is 16.4 Å². The van der Waals surface area contributed by atoms with Crippen LogP contribution in [0.2, 0.25) is 0 Å². The number of likely N-dealkylation sites (tertiary alicyclic amines) is 1. The van der Waals surface area contributed by atoms with Gasteiger partial charge in [-0.25, -0.2) is 4.98 Å². The molecule has 3 aliphatic rings. The van der Waals surface area contributed by atoms with Crippen molar-refractivity contribution in [1.29, 1.82) is 0 Å². The number of carbonyl (C=O) groups excluding carboxylic acids is 2. The van der Waals surface area contributed by atoms with E-state index in [1.807, 2.05) is 29.2 Å². The van der Waals surface area contributed by atoms with Gasteiger partial charge in [-0.15, -0.1) is 0 Å². The molecular formula is C24H26N8O2. The number of nitrogens with one attached hydrogen (secondary N) is 3. The molecule has 1 aromatic carbocycles. The molecule has 0 spiro atoms. The Hall–Kier alpha value is -3.95. The van der Waals surface area contributed by atoms with Crippen LogP contribution in [0.15, 0.2) is 42.7 Å². The van der Waals surface area contributed by atoms with Crippen LogP contribution in [0.4, 0.5) is 17.5 Å². The molecule has 2 bridgehead atoms. The summed E-state index contributed by atoms with van der Waals surface area (Å²) in [5, 5.41) is 6.66. The summed E-state index contributed by atoms with van der Waals surface area (Å²) in [6.07, 6.45) is 8.81. The third-order valence-electron chi connectivity index (χ3n) is 7.14. The van der Waals surface area contributed by atoms with Gasteiger partial charge in [-0.2, -0.15) is 9.97 Å². The molecule has 0 radical (unpaired) electrons. The Morgan fingerprint density at radius 1 is 1.12 bits per heavy atom. The van der Waals surface area contributed by atoms with Gasteiger partial charge < -0.3 is 26.3 Å². The number of hydrogen-bond donors (Lipinski definition) is 4. The Morgan fingerprint density at radius 3 is 2.76 bits per heavy atom. The SMILES string of the molecule is NC(=O)[C@@H]1[C@H](Nc2nc(Nc3cccc(C(=O)N4CCCC4)c3)nc3nc[nH]c23)[C@H]2C=C[C@@H]1C2. The first-order chi connectivity index (χ1) is 16.6. The van der Waals surface area contributed by atoms with Crippen molar-refractivity contribution >= 4 is 40.4 Å². The molecule has 1 saturated heterocycles. The second-order valence-electron chi connectivity index (χ2n) is 9.25. The second-order valence-corrected chi connectivity index (χ2v) is 9.25. The number of nitrogens with two attached hydrogens (primary N) is 1. The number of carbonyl (C=O) groups is 2. The Morgan fingerprint density at radius 2 is 1.94 bits per heavy atom. The first kappa shape index (κ1) is 20.6. The maximum atomic E-state index is 12.8. The van der Waals surface area contributed by atoms with Crippen molar-refractivity contribution in [1.82, 2.24) is 24.8 Å². The smallest absolute Gasteiger partial charge is 0.253 e. The van der Waals surface area contributed by atoms with Gasteiger partial charge in [-0.3, -0.25) is 9.59 Å². The minimum atomic E-state index is -0.304. The number of H-pyrrole nitrogens is 1. The van der Waals surface area contributed by atoms with Gasteiger partial charge in [0.15, 0.2) is 11.5 Å². The van der Waals surface area contributed by atoms with Crippen LogP contribution in [0.5, 0.6) is 0 Å². The maximum absolute atomic E-state index is 12.8. The lowest BCUT2D eigenvalue weighted by Gasteiger charge is -2.27. The minimum Gasteiger partial charge on any atom is -0.369 e. The topological polar surface area (TPSA) is 142 Å². The average Bonchev–Trinajstić information content (AvgIpc) is 3.63. The van der Waals surface area contributed by atoms with Crippen molar-refractivity contribution in [3.05, 3.63) is 48.3 Å². The standard InChI is InChI=1S/C24H26N8O2/c25-20(33)17-13-6-7-14(10-13)18(17)29-22-19-21(27-12-26-19)30-24(31-22)28-16-5-3-4-15(11-16)23(34)32-8-1-2-9-32/h3-7,11-14,17-18H,1-2,8-10H2,(H2,25,33)(H3,26,27,28,29,30,31)/t13-,14+,17+,18-/m1/s1. The average molecular weight is 459 g/mol. The maximum Gasteiger partial charge on any atom is 0.253 e. The third-order valence-corrected chi connectivity index (χ3v) is 7.14. The number of aromatic nitrogens is 4. The zero-order valence-corrected chi connectivity index (χ0v) is 18.6. The van der Waals surface area contributed by atoms with Crippen molar-refractivity contribution in [2.45, 2.75) is 25.3 Å². The largest absolute Gasteiger partial charge is 0.369 e. The van der Waals surface area contributed by atoms with E-state index in [4.69, 9.17) is 5.73 Å². The lowest BCUT2D eigenvalue weighted by Crippen LogP contribution is -2.41. The van der Waals surface area contributed by atoms with E-state index in [0.29, 0.717) is 34.2 Å². The van der Waals surface area contributed by atoms with Gasteiger partial charge in [0.1, 0.15) is 5.52 Å². The van der Waals surface area contributed by atoms with E-state index in [9.17, 15) is 9.59 Å². The van der Waals surface area contributed by atoms with Crippen LogP contribution in [0.3, 0.4) is 0 Å². The van der Waals surface area contributed by atoms with Gasteiger partial charge in [-0.05, 0) is 49.3 Å². The molecule has 0 unspecified atom stereocenters. The highest BCUT2D eigenvalue weighted by molar-refractivity contribution is 5.95. The highest BCUT2D eigenvalue weighted by Crippen LogP contribution is 2.45. The van der Waals surface area contributed by atoms with E-state index in [1.54, 1.807) is 6.33 Å². The molecule has 3 heterocycles. The first-order valence-electron chi connectivity index (χ1n) is 11.7. The van der Waals surface area contributed by atoms with Crippen LogP contribution >= 0.6 is 0 Å². The lowest BCUT2D eigenvalue weighted by atomic mass is 9.88. The summed E-state index contributed by atoms with van der Waals surface area (Å²) in [4.78, 5) is 43.4. The van der Waals surface area contributed by atoms with E-state index < -0.39 is 0 Å². The number of fused-ring (bicyclic) bond motifs is 3. The predicted molar refractivity (Wildman–Crippen MR) is 127 cm³/mol. The monoisotopic (exact) mass is 458 g/mol. The molecule has 10 nitrogen and oxygen atoms in total. The summed E-state index contributed by atoms with van der Waals surface area (Å²) < 4.78 is 0. The van der Waals surface area contributed by atoms with E-state index in [-0.39, 0.29) is 35.6 Å². The summed E-state index contributed by atoms with van der Waals surface area (Å²) >= 11 is 0. The Kier molecular flexibility index (Phi) is 4.93. The van der Waals surface area contributed by atoms with Crippen LogP contribution in [-0.4, -0.2) is 55.8 Å². The molecule has 2 fully saturated rings. The summed E-state index contributed by atoms with van der Waals surface area (Å²) in [6, 6.07) is 7.22. The molecule has 174 valence electrons. The number of primary amides is 1. The molecule has 2 aromatic heterocycles. The Balaban J connectivity index is 1.28. The highest BCUT2D eigenvalue weighted by atomic mass is 16.2. The molecule has 5 N–H and O–H groups in total. The number of rotatable bonds is 6. The van der Waals surface area contributed by atoms with E-state index in [1.165, 1.54) is 0 Å². The number of hydrogen-bond acceptors (Lipinski definition) is 7. The Bertz CT molecular complexity index is 1300. The number of anilines is 3. The van der Waals surface area contributed by atoms with Crippen molar-refractivity contribution in [3.8, 4) is 0 Å². The van der Waals surface area contributed by atoms with Gasteiger partial charge in [0.05, 0.1) is 12.2 Å². The second kappa shape index (κ2) is 8.12. The van der Waals surface area contributed by atoms with Crippen molar-refractivity contribution in [3.63, 3.8) is 0 Å². The van der Waals surface area contributed by atoms with E-state index >= 15 is 0 Å². The molecule has 34 heavy (non-hydrogen) atoms. The predicted octanol–water partition coefficient (Wildman–Crippen LogP) is 2.42. The number of amides is 2. The van der Waals surface area contributed by atoms with Gasteiger partial charge in [-0.1, -0.05) is 18.2 Å². The third kappa shape index (κ3) is 3.55. The zero-order valence-electron chi connectivity index (χ0n) is 18.6. The molecule has 2 aliphatic carbocycles. The van der Waals surface area contributed by atoms with Crippen molar-refractivity contribution in [2.75, 3.05) is 23.7 Å². The molecule has 1 saturated carbocycles. The zero-order chi connectivity index (χ0) is 23.2. The van der Waals surface area contributed by atoms with Crippen LogP contribution in [0.25, 0.3) is 11.2 Å². The van der Waals surface area contributed by atoms with Crippen molar-refractivity contribution in [2.24, 2.45) is 23.5 Å². The normalized spacial score (nSPS) is 25.2. The molecule has 6 rings (SSSR count). The molecule has 3 aromatic rings. The quantitative estimate of drug-likeness (QED) is 0.416. The van der Waals surface area contributed by atoms with Crippen molar-refractivity contribution < 1.29 is 9.59 Å². The molecule has 2 amide bonds. The summed E-state index contributed by atoms with van der Waals surface area (Å²) in [6.45, 7) is 1.60. The number of aromatic amines is 1. The highest BCUT2D eigenvalue weighted by Gasteiger charge is 2.47. The molecule has 10 heteroatoms. The van der Waals surface area contributed by atoms with E-state index in [2.05, 4.69) is 42.7 Å². The lowest BCUT2D eigenvalue weighted by molar-refractivity contribution is -0.122. The van der Waals surface area contributed by atoms with E-state index in [0.717, 1.165) is 32.4 Å². The molecule has 1 aliphatic heterocycles. The summed E-state index contributed by atoms with van der Waals surface area (Å²) in [7, 11) is 0.